The number of aryl methyl sites for hydroxylation is 1. The number of nitrogens with one attached hydrogen (secondary N) is 1. The number of carbonyl (C=O) groups excluding carboxylic acids is 1. The number of piperidine rings is 1. The molecule has 1 N–H and O–H groups in total. The van der Waals surface area contributed by atoms with Crippen LogP contribution in [-0.4, -0.2) is 46.6 Å². The van der Waals surface area contributed by atoms with E-state index in [9.17, 15) is 4.79 Å². The van der Waals surface area contributed by atoms with Crippen molar-refractivity contribution in [3.8, 4) is 0 Å². The maximum absolute atomic E-state index is 12.6. The van der Waals surface area contributed by atoms with Crippen molar-refractivity contribution in [1.82, 2.24) is 14.9 Å². The average molecular weight is 395 g/mol. The van der Waals surface area contributed by atoms with Gasteiger partial charge in [0.15, 0.2) is 0 Å². The van der Waals surface area contributed by atoms with Gasteiger partial charge in [-0.3, -0.25) is 4.79 Å². The van der Waals surface area contributed by atoms with E-state index in [2.05, 4.69) is 16.4 Å². The van der Waals surface area contributed by atoms with Crippen molar-refractivity contribution in [2.24, 2.45) is 0 Å². The summed E-state index contributed by atoms with van der Waals surface area (Å²) in [6, 6.07) is 10.1. The molecule has 4 heterocycles. The molecule has 2 saturated heterocycles. The van der Waals surface area contributed by atoms with E-state index in [0.717, 1.165) is 68.3 Å². The molecule has 4 rings (SSSR count). The lowest BCUT2D eigenvalue weighted by molar-refractivity contribution is -0.136. The van der Waals surface area contributed by atoms with Crippen LogP contribution in [0.3, 0.4) is 0 Å². The second-order valence-corrected chi connectivity index (χ2v) is 8.09. The van der Waals surface area contributed by atoms with Crippen molar-refractivity contribution in [3.63, 3.8) is 0 Å². The highest BCUT2D eigenvalue weighted by Gasteiger charge is 2.27. The van der Waals surface area contributed by atoms with Gasteiger partial charge in [-0.15, -0.1) is 0 Å². The minimum absolute atomic E-state index is 0.119. The molecule has 154 valence electrons. The van der Waals surface area contributed by atoms with Gasteiger partial charge in [0.05, 0.1) is 12.5 Å². The van der Waals surface area contributed by atoms with E-state index in [1.807, 2.05) is 36.1 Å². The topological polar surface area (TPSA) is 67.4 Å². The fraction of sp³-hybridized carbons (Fsp3) is 0.522. The summed E-state index contributed by atoms with van der Waals surface area (Å²) >= 11 is 0. The molecule has 1 unspecified atom stereocenters. The van der Waals surface area contributed by atoms with Crippen LogP contribution in [0.25, 0.3) is 0 Å². The van der Waals surface area contributed by atoms with Crippen LogP contribution in [0.1, 0.15) is 55.7 Å². The highest BCUT2D eigenvalue weighted by molar-refractivity contribution is 5.76. The van der Waals surface area contributed by atoms with Crippen LogP contribution >= 0.6 is 0 Å². The van der Waals surface area contributed by atoms with E-state index in [1.54, 1.807) is 6.20 Å². The van der Waals surface area contributed by atoms with Gasteiger partial charge in [-0.2, -0.15) is 0 Å². The van der Waals surface area contributed by atoms with Gasteiger partial charge in [0.1, 0.15) is 11.6 Å². The molecule has 0 aromatic carbocycles. The summed E-state index contributed by atoms with van der Waals surface area (Å²) in [4.78, 5) is 23.8. The monoisotopic (exact) mass is 394 g/mol. The summed E-state index contributed by atoms with van der Waals surface area (Å²) in [6.07, 6.45) is 7.66. The SMILES string of the molecule is Cc1cccnc1Nc1cccc(C2CCN(C(=O)CC3CCCCO3)CC2)n1. The Hall–Kier alpha value is -2.47. The minimum Gasteiger partial charge on any atom is -0.378 e. The zero-order valence-electron chi connectivity index (χ0n) is 17.1. The number of rotatable bonds is 5. The molecular formula is C23H30N4O2. The molecule has 2 aliphatic rings. The van der Waals surface area contributed by atoms with E-state index < -0.39 is 0 Å². The van der Waals surface area contributed by atoms with Gasteiger partial charge in [-0.05, 0) is 62.8 Å². The molecule has 29 heavy (non-hydrogen) atoms. The summed E-state index contributed by atoms with van der Waals surface area (Å²) in [6.45, 7) is 4.43. The third-order valence-electron chi connectivity index (χ3n) is 5.97. The van der Waals surface area contributed by atoms with Crippen molar-refractivity contribution in [2.75, 3.05) is 25.0 Å². The molecular weight excluding hydrogens is 364 g/mol. The Morgan fingerprint density at radius 3 is 2.79 bits per heavy atom. The first-order valence-electron chi connectivity index (χ1n) is 10.7. The second kappa shape index (κ2) is 9.35. The molecule has 2 aromatic heterocycles. The zero-order valence-corrected chi connectivity index (χ0v) is 17.1. The van der Waals surface area contributed by atoms with E-state index in [1.165, 1.54) is 6.42 Å². The number of amides is 1. The van der Waals surface area contributed by atoms with Gasteiger partial charge >= 0.3 is 0 Å². The normalized spacial score (nSPS) is 20.4. The van der Waals surface area contributed by atoms with Crippen LogP contribution in [0, 0.1) is 6.92 Å². The number of ether oxygens (including phenoxy) is 1. The van der Waals surface area contributed by atoms with Gasteiger partial charge in [0.2, 0.25) is 5.91 Å². The molecule has 2 aliphatic heterocycles. The van der Waals surface area contributed by atoms with Crippen LogP contribution in [0.2, 0.25) is 0 Å². The summed E-state index contributed by atoms with van der Waals surface area (Å²) in [5.74, 6) is 2.28. The smallest absolute Gasteiger partial charge is 0.225 e. The third kappa shape index (κ3) is 5.12. The standard InChI is InChI=1S/C23H30N4O2/c1-17-6-5-12-24-23(17)26-21-9-4-8-20(25-21)18-10-13-27(14-11-18)22(28)16-19-7-2-3-15-29-19/h4-6,8-9,12,18-19H,2-3,7,10-11,13-16H2,1H3,(H,24,25,26). The molecule has 0 radical (unpaired) electrons. The Morgan fingerprint density at radius 1 is 1.17 bits per heavy atom. The first-order valence-corrected chi connectivity index (χ1v) is 10.7. The summed E-state index contributed by atoms with van der Waals surface area (Å²) in [7, 11) is 0. The summed E-state index contributed by atoms with van der Waals surface area (Å²) < 4.78 is 5.73. The van der Waals surface area contributed by atoms with Crippen molar-refractivity contribution < 1.29 is 9.53 Å². The Labute approximate surface area is 172 Å². The van der Waals surface area contributed by atoms with Crippen LogP contribution in [0.5, 0.6) is 0 Å². The Morgan fingerprint density at radius 2 is 2.03 bits per heavy atom. The maximum Gasteiger partial charge on any atom is 0.225 e. The molecule has 2 fully saturated rings. The molecule has 1 amide bonds. The highest BCUT2D eigenvalue weighted by Crippen LogP contribution is 2.29. The van der Waals surface area contributed by atoms with Crippen molar-refractivity contribution in [2.45, 2.75) is 57.5 Å². The fourth-order valence-electron chi connectivity index (χ4n) is 4.20. The molecule has 6 nitrogen and oxygen atoms in total. The number of likely N-dealkylation sites (tertiary alicyclic amines) is 1. The number of aromatic nitrogens is 2. The van der Waals surface area contributed by atoms with Crippen LogP contribution in [-0.2, 0) is 9.53 Å². The predicted octanol–water partition coefficient (Wildman–Crippen LogP) is 4.19. The van der Waals surface area contributed by atoms with E-state index in [-0.39, 0.29) is 12.0 Å². The second-order valence-electron chi connectivity index (χ2n) is 8.09. The van der Waals surface area contributed by atoms with Crippen LogP contribution in [0.4, 0.5) is 11.6 Å². The Bertz CT molecular complexity index is 827. The molecule has 0 bridgehead atoms. The quantitative estimate of drug-likeness (QED) is 0.823. The Kier molecular flexibility index (Phi) is 6.39. The number of nitrogens with zero attached hydrogens (tertiary/aromatic N) is 3. The van der Waals surface area contributed by atoms with Crippen molar-refractivity contribution >= 4 is 17.5 Å². The maximum atomic E-state index is 12.6. The van der Waals surface area contributed by atoms with Gasteiger partial charge < -0.3 is 15.0 Å². The molecule has 0 aliphatic carbocycles. The third-order valence-corrected chi connectivity index (χ3v) is 5.97. The van der Waals surface area contributed by atoms with Gasteiger partial charge in [-0.25, -0.2) is 9.97 Å². The molecule has 0 spiro atoms. The van der Waals surface area contributed by atoms with Crippen LogP contribution in [0.15, 0.2) is 36.5 Å². The number of pyridine rings is 2. The minimum atomic E-state index is 0.119. The number of carbonyl (C=O) groups is 1. The summed E-state index contributed by atoms with van der Waals surface area (Å²) in [5, 5.41) is 3.32. The predicted molar refractivity (Wildman–Crippen MR) is 113 cm³/mol. The van der Waals surface area contributed by atoms with Crippen molar-refractivity contribution in [3.05, 3.63) is 47.8 Å². The number of hydrogen-bond acceptors (Lipinski definition) is 5. The fourth-order valence-corrected chi connectivity index (χ4v) is 4.20. The van der Waals surface area contributed by atoms with E-state index >= 15 is 0 Å². The van der Waals surface area contributed by atoms with Gasteiger partial charge in [0.25, 0.3) is 0 Å². The molecule has 6 heteroatoms. The lowest BCUT2D eigenvalue weighted by Gasteiger charge is -2.33. The molecule has 2 aromatic rings. The van der Waals surface area contributed by atoms with Crippen LogP contribution < -0.4 is 5.32 Å². The van der Waals surface area contributed by atoms with Gasteiger partial charge in [0, 0.05) is 37.5 Å². The number of hydrogen-bond donors (Lipinski definition) is 1. The lowest BCUT2D eigenvalue weighted by atomic mass is 9.92. The zero-order chi connectivity index (χ0) is 20.1. The largest absolute Gasteiger partial charge is 0.378 e. The van der Waals surface area contributed by atoms with Gasteiger partial charge in [-0.1, -0.05) is 12.1 Å². The highest BCUT2D eigenvalue weighted by atomic mass is 16.5. The van der Waals surface area contributed by atoms with E-state index in [0.29, 0.717) is 12.3 Å². The lowest BCUT2D eigenvalue weighted by Crippen LogP contribution is -2.40. The Balaban J connectivity index is 1.32. The first-order chi connectivity index (χ1) is 14.2. The number of anilines is 2. The first kappa shape index (κ1) is 19.8. The summed E-state index contributed by atoms with van der Waals surface area (Å²) in [5.41, 5.74) is 2.18. The molecule has 1 atom stereocenters. The van der Waals surface area contributed by atoms with E-state index in [4.69, 9.17) is 9.72 Å². The molecule has 0 saturated carbocycles. The average Bonchev–Trinajstić information content (AvgIpc) is 2.76. The van der Waals surface area contributed by atoms with Crippen molar-refractivity contribution in [1.29, 1.82) is 0 Å².